The fourth-order valence-corrected chi connectivity index (χ4v) is 2.14. The van der Waals surface area contributed by atoms with Crippen molar-refractivity contribution >= 4 is 0 Å². The molecule has 0 aliphatic carbocycles. The Morgan fingerprint density at radius 1 is 1.30 bits per heavy atom. The molecule has 0 bridgehead atoms. The first-order valence-corrected chi connectivity index (χ1v) is 6.52. The van der Waals surface area contributed by atoms with Gasteiger partial charge in [0, 0.05) is 24.5 Å². The molecule has 0 spiro atoms. The van der Waals surface area contributed by atoms with Gasteiger partial charge in [-0.25, -0.2) is 4.79 Å². The summed E-state index contributed by atoms with van der Waals surface area (Å²) in [5.41, 5.74) is 1.33. The third-order valence-electron chi connectivity index (χ3n) is 3.13. The smallest absolute Gasteiger partial charge is 0.328 e. The fraction of sp³-hybridized carbons (Fsp3) is 0.333. The van der Waals surface area contributed by atoms with E-state index in [-0.39, 0.29) is 5.69 Å². The first-order chi connectivity index (χ1) is 9.69. The van der Waals surface area contributed by atoms with Gasteiger partial charge in [0.15, 0.2) is 0 Å². The highest BCUT2D eigenvalue weighted by molar-refractivity contribution is 5.42. The van der Waals surface area contributed by atoms with Crippen LogP contribution in [0.15, 0.2) is 35.4 Å². The zero-order chi connectivity index (χ0) is 14.5. The van der Waals surface area contributed by atoms with E-state index in [2.05, 4.69) is 6.07 Å². The lowest BCUT2D eigenvalue weighted by Gasteiger charge is -2.09. The van der Waals surface area contributed by atoms with E-state index in [9.17, 15) is 4.79 Å². The number of aromatic nitrogens is 2. The summed E-state index contributed by atoms with van der Waals surface area (Å²) >= 11 is 0. The molecule has 5 heteroatoms. The Labute approximate surface area is 117 Å². The van der Waals surface area contributed by atoms with Crippen LogP contribution < -0.4 is 10.4 Å². The maximum atomic E-state index is 12.1. The van der Waals surface area contributed by atoms with Crippen molar-refractivity contribution in [3.8, 4) is 11.8 Å². The second-order valence-electron chi connectivity index (χ2n) is 4.54. The van der Waals surface area contributed by atoms with E-state index in [1.165, 1.54) is 0 Å². The molecule has 0 N–H and O–H groups in total. The molecule has 2 aromatic rings. The van der Waals surface area contributed by atoms with Crippen LogP contribution in [0.4, 0.5) is 0 Å². The first-order valence-electron chi connectivity index (χ1n) is 6.52. The Bertz CT molecular complexity index is 692. The number of ether oxygens (including phenoxy) is 1. The van der Waals surface area contributed by atoms with Crippen molar-refractivity contribution in [2.75, 3.05) is 7.11 Å². The van der Waals surface area contributed by atoms with Gasteiger partial charge in [0.2, 0.25) is 0 Å². The summed E-state index contributed by atoms with van der Waals surface area (Å²) in [6.45, 7) is 3.14. The third kappa shape index (κ3) is 2.75. The molecule has 0 aliphatic heterocycles. The largest absolute Gasteiger partial charge is 0.496 e. The number of imidazole rings is 1. The predicted molar refractivity (Wildman–Crippen MR) is 75.8 cm³/mol. The molecule has 20 heavy (non-hydrogen) atoms. The Balaban J connectivity index is 2.34. The molecular formula is C15H17N3O2. The van der Waals surface area contributed by atoms with Gasteiger partial charge < -0.3 is 4.74 Å². The van der Waals surface area contributed by atoms with E-state index in [1.54, 1.807) is 46.8 Å². The molecule has 104 valence electrons. The van der Waals surface area contributed by atoms with Crippen molar-refractivity contribution in [2.45, 2.75) is 26.4 Å². The molecule has 5 nitrogen and oxygen atoms in total. The molecule has 0 atom stereocenters. The summed E-state index contributed by atoms with van der Waals surface area (Å²) < 4.78 is 8.58. The van der Waals surface area contributed by atoms with E-state index in [0.717, 1.165) is 12.0 Å². The van der Waals surface area contributed by atoms with Crippen LogP contribution in [-0.2, 0) is 13.1 Å². The molecular weight excluding hydrogens is 254 g/mol. The quantitative estimate of drug-likeness (QED) is 0.835. The highest BCUT2D eigenvalue weighted by Gasteiger charge is 2.08. The first kappa shape index (κ1) is 13.9. The lowest BCUT2D eigenvalue weighted by molar-refractivity contribution is 0.408. The van der Waals surface area contributed by atoms with Gasteiger partial charge >= 0.3 is 5.69 Å². The van der Waals surface area contributed by atoms with Crippen molar-refractivity contribution in [3.05, 3.63) is 52.2 Å². The van der Waals surface area contributed by atoms with Crippen molar-refractivity contribution in [2.24, 2.45) is 0 Å². The van der Waals surface area contributed by atoms with Gasteiger partial charge in [-0.2, -0.15) is 5.26 Å². The zero-order valence-electron chi connectivity index (χ0n) is 11.7. The number of aryl methyl sites for hydroxylation is 1. The minimum Gasteiger partial charge on any atom is -0.496 e. The normalized spacial score (nSPS) is 10.2. The summed E-state index contributed by atoms with van der Waals surface area (Å²) in [6, 6.07) is 7.30. The van der Waals surface area contributed by atoms with E-state index >= 15 is 0 Å². The second-order valence-corrected chi connectivity index (χ2v) is 4.54. The van der Waals surface area contributed by atoms with Gasteiger partial charge in [-0.1, -0.05) is 6.92 Å². The van der Waals surface area contributed by atoms with Crippen LogP contribution in [0.25, 0.3) is 0 Å². The van der Waals surface area contributed by atoms with Crippen molar-refractivity contribution < 1.29 is 4.74 Å². The Hall–Kier alpha value is -2.48. The molecule has 0 fully saturated rings. The standard InChI is InChI=1S/C15H17N3O2/c1-3-6-17-7-8-18(15(17)19)11-13-9-12(10-16)4-5-14(13)20-2/h4-5,7-9H,3,6,11H2,1-2H3. The average Bonchev–Trinajstić information content (AvgIpc) is 2.81. The molecule has 0 saturated heterocycles. The molecule has 0 amide bonds. The van der Waals surface area contributed by atoms with E-state index in [1.807, 2.05) is 6.92 Å². The van der Waals surface area contributed by atoms with Crippen LogP contribution in [0.5, 0.6) is 5.75 Å². The summed E-state index contributed by atoms with van der Waals surface area (Å²) in [5, 5.41) is 8.96. The molecule has 1 aromatic carbocycles. The second kappa shape index (κ2) is 6.11. The number of benzene rings is 1. The highest BCUT2D eigenvalue weighted by atomic mass is 16.5. The molecule has 2 rings (SSSR count). The van der Waals surface area contributed by atoms with Crippen molar-refractivity contribution in [3.63, 3.8) is 0 Å². The third-order valence-corrected chi connectivity index (χ3v) is 3.13. The summed E-state index contributed by atoms with van der Waals surface area (Å²) in [6.07, 6.45) is 4.46. The summed E-state index contributed by atoms with van der Waals surface area (Å²) in [7, 11) is 1.58. The molecule has 0 saturated carbocycles. The molecule has 0 radical (unpaired) electrons. The van der Waals surface area contributed by atoms with E-state index in [4.69, 9.17) is 10.00 Å². The van der Waals surface area contributed by atoms with Crippen LogP contribution in [0, 0.1) is 11.3 Å². The topological polar surface area (TPSA) is 59.9 Å². The van der Waals surface area contributed by atoms with Gasteiger partial charge in [-0.15, -0.1) is 0 Å². The number of hydrogen-bond donors (Lipinski definition) is 0. The minimum atomic E-state index is -0.0451. The summed E-state index contributed by atoms with van der Waals surface area (Å²) in [5.74, 6) is 0.680. The van der Waals surface area contributed by atoms with Crippen molar-refractivity contribution in [1.29, 1.82) is 5.26 Å². The Morgan fingerprint density at radius 3 is 2.70 bits per heavy atom. The Kier molecular flexibility index (Phi) is 4.26. The van der Waals surface area contributed by atoms with Gasteiger partial charge in [0.05, 0.1) is 25.3 Å². The van der Waals surface area contributed by atoms with Crippen LogP contribution in [0.1, 0.15) is 24.5 Å². The van der Waals surface area contributed by atoms with Crippen LogP contribution in [-0.4, -0.2) is 16.2 Å². The lowest BCUT2D eigenvalue weighted by Crippen LogP contribution is -2.24. The average molecular weight is 271 g/mol. The number of nitrogens with zero attached hydrogens (tertiary/aromatic N) is 3. The fourth-order valence-electron chi connectivity index (χ4n) is 2.14. The SMILES string of the molecule is CCCn1ccn(Cc2cc(C#N)ccc2OC)c1=O. The molecule has 0 unspecified atom stereocenters. The molecule has 1 aromatic heterocycles. The predicted octanol–water partition coefficient (Wildman–Crippen LogP) is 1.99. The van der Waals surface area contributed by atoms with Gasteiger partial charge in [0.1, 0.15) is 5.75 Å². The Morgan fingerprint density at radius 2 is 2.05 bits per heavy atom. The lowest BCUT2D eigenvalue weighted by atomic mass is 10.1. The van der Waals surface area contributed by atoms with Crippen LogP contribution in [0.2, 0.25) is 0 Å². The number of hydrogen-bond acceptors (Lipinski definition) is 3. The van der Waals surface area contributed by atoms with E-state index < -0.39 is 0 Å². The van der Waals surface area contributed by atoms with E-state index in [0.29, 0.717) is 24.4 Å². The minimum absolute atomic E-state index is 0.0451. The zero-order valence-corrected chi connectivity index (χ0v) is 11.7. The maximum Gasteiger partial charge on any atom is 0.328 e. The van der Waals surface area contributed by atoms with Crippen molar-refractivity contribution in [1.82, 2.24) is 9.13 Å². The number of nitriles is 1. The molecule has 0 aliphatic rings. The summed E-state index contributed by atoms with van der Waals surface area (Å²) in [4.78, 5) is 12.1. The van der Waals surface area contributed by atoms with Gasteiger partial charge in [-0.3, -0.25) is 9.13 Å². The van der Waals surface area contributed by atoms with Crippen LogP contribution in [0.3, 0.4) is 0 Å². The number of rotatable bonds is 5. The number of methoxy groups -OCH3 is 1. The molecule has 1 heterocycles. The maximum absolute atomic E-state index is 12.1. The highest BCUT2D eigenvalue weighted by Crippen LogP contribution is 2.20. The van der Waals surface area contributed by atoms with Gasteiger partial charge in [-0.05, 0) is 24.6 Å². The van der Waals surface area contributed by atoms with Crippen LogP contribution >= 0.6 is 0 Å². The van der Waals surface area contributed by atoms with Gasteiger partial charge in [0.25, 0.3) is 0 Å². The monoisotopic (exact) mass is 271 g/mol.